The predicted molar refractivity (Wildman–Crippen MR) is 69.5 cm³/mol. The van der Waals surface area contributed by atoms with Gasteiger partial charge in [-0.3, -0.25) is 0 Å². The number of alkyl halides is 3. The highest BCUT2D eigenvalue weighted by molar-refractivity contribution is 14.1. The first-order valence-corrected chi connectivity index (χ1v) is 5.95. The van der Waals surface area contributed by atoms with Crippen molar-refractivity contribution in [1.82, 2.24) is 9.97 Å². The van der Waals surface area contributed by atoms with Crippen LogP contribution in [-0.4, -0.2) is 9.97 Å². The van der Waals surface area contributed by atoms with Gasteiger partial charge >= 0.3 is 6.18 Å². The lowest BCUT2D eigenvalue weighted by Crippen LogP contribution is -2.05. The number of benzene rings is 1. The van der Waals surface area contributed by atoms with Gasteiger partial charge < -0.3 is 5.32 Å². The van der Waals surface area contributed by atoms with Gasteiger partial charge in [-0.1, -0.05) is 6.07 Å². The van der Waals surface area contributed by atoms with Crippen molar-refractivity contribution in [3.05, 3.63) is 45.8 Å². The standard InChI is InChI=1S/C11H7F3IN3/c12-11(13,14)7-2-1-3-9(4-7)18-10-16-5-8(15)6-17-10/h1-6H,(H,16,17,18). The molecule has 3 nitrogen and oxygen atoms in total. The van der Waals surface area contributed by atoms with Gasteiger partial charge in [-0.25, -0.2) is 9.97 Å². The van der Waals surface area contributed by atoms with Crippen molar-refractivity contribution in [2.45, 2.75) is 6.18 Å². The summed E-state index contributed by atoms with van der Waals surface area (Å²) in [5.41, 5.74) is -0.413. The van der Waals surface area contributed by atoms with E-state index in [1.165, 1.54) is 12.1 Å². The number of halogens is 4. The zero-order valence-corrected chi connectivity index (χ0v) is 11.0. The van der Waals surface area contributed by atoms with Gasteiger partial charge in [0.25, 0.3) is 0 Å². The molecule has 1 aromatic heterocycles. The summed E-state index contributed by atoms with van der Waals surface area (Å²) < 4.78 is 38.3. The zero-order chi connectivity index (χ0) is 13.2. The Morgan fingerprint density at radius 3 is 2.39 bits per heavy atom. The van der Waals surface area contributed by atoms with E-state index in [0.29, 0.717) is 5.69 Å². The van der Waals surface area contributed by atoms with Crippen molar-refractivity contribution >= 4 is 34.2 Å². The summed E-state index contributed by atoms with van der Waals surface area (Å²) in [6.07, 6.45) is -1.21. The molecule has 0 unspecified atom stereocenters. The Labute approximate surface area is 115 Å². The quantitative estimate of drug-likeness (QED) is 0.822. The van der Waals surface area contributed by atoms with Crippen molar-refractivity contribution < 1.29 is 13.2 Å². The second-order valence-electron chi connectivity index (χ2n) is 3.43. The highest BCUT2D eigenvalue weighted by Gasteiger charge is 2.30. The molecule has 0 saturated carbocycles. The van der Waals surface area contributed by atoms with Gasteiger partial charge in [-0.2, -0.15) is 13.2 Å². The topological polar surface area (TPSA) is 37.8 Å². The normalized spacial score (nSPS) is 11.3. The molecule has 0 spiro atoms. The van der Waals surface area contributed by atoms with Crippen LogP contribution in [-0.2, 0) is 6.18 Å². The molecule has 0 radical (unpaired) electrons. The minimum Gasteiger partial charge on any atom is -0.324 e. The first-order chi connectivity index (χ1) is 8.45. The molecule has 0 amide bonds. The molecule has 0 aliphatic rings. The van der Waals surface area contributed by atoms with Gasteiger partial charge in [-0.15, -0.1) is 0 Å². The number of anilines is 2. The van der Waals surface area contributed by atoms with Crippen molar-refractivity contribution in [2.24, 2.45) is 0 Å². The molecule has 0 aliphatic heterocycles. The van der Waals surface area contributed by atoms with E-state index in [2.05, 4.69) is 15.3 Å². The van der Waals surface area contributed by atoms with Crippen LogP contribution in [0, 0.1) is 3.57 Å². The molecular weight excluding hydrogens is 358 g/mol. The monoisotopic (exact) mass is 365 g/mol. The summed E-state index contributed by atoms with van der Waals surface area (Å²) in [6.45, 7) is 0. The van der Waals surface area contributed by atoms with Gasteiger partial charge in [0.2, 0.25) is 5.95 Å². The summed E-state index contributed by atoms with van der Waals surface area (Å²) in [4.78, 5) is 7.91. The Hall–Kier alpha value is -1.38. The number of rotatable bonds is 2. The largest absolute Gasteiger partial charge is 0.416 e. The lowest BCUT2D eigenvalue weighted by atomic mass is 10.2. The van der Waals surface area contributed by atoms with Crippen molar-refractivity contribution in [3.63, 3.8) is 0 Å². The summed E-state index contributed by atoms with van der Waals surface area (Å²) in [5, 5.41) is 2.72. The van der Waals surface area contributed by atoms with Crippen LogP contribution in [0.4, 0.5) is 24.8 Å². The van der Waals surface area contributed by atoms with E-state index >= 15 is 0 Å². The SMILES string of the molecule is FC(F)(F)c1cccc(Nc2ncc(I)cn2)c1. The molecule has 0 aliphatic carbocycles. The van der Waals surface area contributed by atoms with Crippen LogP contribution in [0.25, 0.3) is 0 Å². The van der Waals surface area contributed by atoms with E-state index in [1.807, 2.05) is 22.6 Å². The molecular formula is C11H7F3IN3. The van der Waals surface area contributed by atoms with Crippen LogP contribution in [0.1, 0.15) is 5.56 Å². The fourth-order valence-corrected chi connectivity index (χ4v) is 1.56. The lowest BCUT2D eigenvalue weighted by molar-refractivity contribution is -0.137. The second-order valence-corrected chi connectivity index (χ2v) is 4.67. The highest BCUT2D eigenvalue weighted by Crippen LogP contribution is 2.31. The van der Waals surface area contributed by atoms with Gasteiger partial charge in [0.05, 0.1) is 5.56 Å². The summed E-state index contributed by atoms with van der Waals surface area (Å²) in [6, 6.07) is 4.88. The molecule has 7 heteroatoms. The third kappa shape index (κ3) is 3.31. The maximum Gasteiger partial charge on any atom is 0.416 e. The fourth-order valence-electron chi connectivity index (χ4n) is 1.28. The Morgan fingerprint density at radius 2 is 1.78 bits per heavy atom. The zero-order valence-electron chi connectivity index (χ0n) is 8.87. The van der Waals surface area contributed by atoms with Crippen LogP contribution in [0.3, 0.4) is 0 Å². The smallest absolute Gasteiger partial charge is 0.324 e. The Balaban J connectivity index is 2.22. The van der Waals surface area contributed by atoms with Crippen LogP contribution in [0.15, 0.2) is 36.7 Å². The fraction of sp³-hybridized carbons (Fsp3) is 0.0909. The van der Waals surface area contributed by atoms with E-state index in [0.717, 1.165) is 15.7 Å². The molecule has 94 valence electrons. The van der Waals surface area contributed by atoms with Crippen molar-refractivity contribution in [3.8, 4) is 0 Å². The molecule has 0 atom stereocenters. The average molecular weight is 365 g/mol. The average Bonchev–Trinajstić information content (AvgIpc) is 2.31. The van der Waals surface area contributed by atoms with E-state index in [9.17, 15) is 13.2 Å². The van der Waals surface area contributed by atoms with Crippen LogP contribution in [0.5, 0.6) is 0 Å². The van der Waals surface area contributed by atoms with Gasteiger partial charge in [-0.05, 0) is 40.8 Å². The summed E-state index contributed by atoms with van der Waals surface area (Å²) >= 11 is 2.04. The molecule has 18 heavy (non-hydrogen) atoms. The van der Waals surface area contributed by atoms with Gasteiger partial charge in [0, 0.05) is 21.7 Å². The number of aromatic nitrogens is 2. The molecule has 2 aromatic rings. The molecule has 1 aromatic carbocycles. The van der Waals surface area contributed by atoms with Crippen molar-refractivity contribution in [1.29, 1.82) is 0 Å². The van der Waals surface area contributed by atoms with Gasteiger partial charge in [0.1, 0.15) is 0 Å². The first kappa shape index (κ1) is 13.1. The number of nitrogens with zero attached hydrogens (tertiary/aromatic N) is 2. The molecule has 1 heterocycles. The van der Waals surface area contributed by atoms with Crippen LogP contribution >= 0.6 is 22.6 Å². The Morgan fingerprint density at radius 1 is 1.11 bits per heavy atom. The molecule has 0 bridgehead atoms. The van der Waals surface area contributed by atoms with Crippen molar-refractivity contribution in [2.75, 3.05) is 5.32 Å². The Kier molecular flexibility index (Phi) is 3.69. The van der Waals surface area contributed by atoms with E-state index in [-0.39, 0.29) is 5.95 Å². The minimum atomic E-state index is -4.36. The maximum absolute atomic E-state index is 12.5. The predicted octanol–water partition coefficient (Wildman–Crippen LogP) is 3.84. The second kappa shape index (κ2) is 5.09. The molecule has 0 saturated heterocycles. The molecule has 2 rings (SSSR count). The molecule has 1 N–H and O–H groups in total. The van der Waals surface area contributed by atoms with Crippen LogP contribution < -0.4 is 5.32 Å². The van der Waals surface area contributed by atoms with E-state index in [4.69, 9.17) is 0 Å². The number of hydrogen-bond acceptors (Lipinski definition) is 3. The third-order valence-corrected chi connectivity index (χ3v) is 2.62. The third-order valence-electron chi connectivity index (χ3n) is 2.07. The van der Waals surface area contributed by atoms with E-state index in [1.54, 1.807) is 12.4 Å². The van der Waals surface area contributed by atoms with Crippen LogP contribution in [0.2, 0.25) is 0 Å². The number of hydrogen-bond donors (Lipinski definition) is 1. The van der Waals surface area contributed by atoms with E-state index < -0.39 is 11.7 Å². The Bertz CT molecular complexity index is 540. The summed E-state index contributed by atoms with van der Waals surface area (Å²) in [7, 11) is 0. The number of nitrogens with one attached hydrogen (secondary N) is 1. The first-order valence-electron chi connectivity index (χ1n) is 4.87. The summed E-state index contributed by atoms with van der Waals surface area (Å²) in [5.74, 6) is 0.259. The lowest BCUT2D eigenvalue weighted by Gasteiger charge is -2.09. The highest BCUT2D eigenvalue weighted by atomic mass is 127. The van der Waals surface area contributed by atoms with Gasteiger partial charge in [0.15, 0.2) is 0 Å². The molecule has 0 fully saturated rings. The minimum absolute atomic E-state index is 0.259. The maximum atomic E-state index is 12.5.